The summed E-state index contributed by atoms with van der Waals surface area (Å²) in [6.45, 7) is 0.627. The molecular formula is C11H9FN4S. The number of aromatic nitrogens is 3. The smallest absolute Gasteiger partial charge is 0.184 e. The van der Waals surface area contributed by atoms with Gasteiger partial charge in [0, 0.05) is 6.20 Å². The molecule has 2 heterocycles. The molecule has 0 aliphatic carbocycles. The van der Waals surface area contributed by atoms with Crippen LogP contribution in [0.1, 0.15) is 5.69 Å². The van der Waals surface area contributed by atoms with E-state index in [1.165, 1.54) is 23.5 Å². The summed E-state index contributed by atoms with van der Waals surface area (Å²) in [6.07, 6.45) is 3.38. The minimum atomic E-state index is -0.235. The Kier molecular flexibility index (Phi) is 2.49. The van der Waals surface area contributed by atoms with E-state index in [2.05, 4.69) is 20.3 Å². The summed E-state index contributed by atoms with van der Waals surface area (Å²) in [4.78, 5) is 11.3. The quantitative estimate of drug-likeness (QED) is 0.749. The van der Waals surface area contributed by atoms with Crippen LogP contribution >= 0.6 is 11.3 Å². The third-order valence-corrected chi connectivity index (χ3v) is 3.31. The predicted octanol–water partition coefficient (Wildman–Crippen LogP) is 2.77. The number of imidazole rings is 1. The molecule has 86 valence electrons. The Labute approximate surface area is 101 Å². The van der Waals surface area contributed by atoms with Gasteiger partial charge >= 0.3 is 0 Å². The SMILES string of the molecule is Fc1ccc2nc(NCc3cnc[nH]3)sc2c1. The lowest BCUT2D eigenvalue weighted by molar-refractivity contribution is 0.630. The fraction of sp³-hybridized carbons (Fsp3) is 0.0909. The van der Waals surface area contributed by atoms with Gasteiger partial charge in [0.05, 0.1) is 28.8 Å². The highest BCUT2D eigenvalue weighted by atomic mass is 32.1. The fourth-order valence-electron chi connectivity index (χ4n) is 1.53. The maximum absolute atomic E-state index is 13.0. The lowest BCUT2D eigenvalue weighted by atomic mass is 10.3. The minimum absolute atomic E-state index is 0.235. The summed E-state index contributed by atoms with van der Waals surface area (Å²) < 4.78 is 13.8. The maximum atomic E-state index is 13.0. The summed E-state index contributed by atoms with van der Waals surface area (Å²) in [5.74, 6) is -0.235. The van der Waals surface area contributed by atoms with Crippen LogP contribution in [0.3, 0.4) is 0 Å². The van der Waals surface area contributed by atoms with E-state index in [1.54, 1.807) is 18.6 Å². The van der Waals surface area contributed by atoms with Crippen molar-refractivity contribution in [3.05, 3.63) is 42.2 Å². The van der Waals surface area contributed by atoms with E-state index in [9.17, 15) is 4.39 Å². The van der Waals surface area contributed by atoms with Crippen LogP contribution in [0, 0.1) is 5.82 Å². The number of nitrogens with zero attached hydrogens (tertiary/aromatic N) is 2. The third-order valence-electron chi connectivity index (χ3n) is 2.34. The van der Waals surface area contributed by atoms with Crippen molar-refractivity contribution in [1.82, 2.24) is 15.0 Å². The van der Waals surface area contributed by atoms with E-state index in [0.29, 0.717) is 6.54 Å². The second kappa shape index (κ2) is 4.14. The Balaban J connectivity index is 1.81. The van der Waals surface area contributed by atoms with Crippen LogP contribution < -0.4 is 5.32 Å². The molecule has 0 amide bonds. The molecule has 0 unspecified atom stereocenters. The summed E-state index contributed by atoms with van der Waals surface area (Å²) in [5, 5.41) is 3.95. The Morgan fingerprint density at radius 3 is 3.18 bits per heavy atom. The highest BCUT2D eigenvalue weighted by molar-refractivity contribution is 7.22. The first kappa shape index (κ1) is 10.2. The number of halogens is 1. The highest BCUT2D eigenvalue weighted by Gasteiger charge is 2.04. The molecule has 6 heteroatoms. The number of fused-ring (bicyclic) bond motifs is 1. The Morgan fingerprint density at radius 2 is 2.35 bits per heavy atom. The molecule has 3 aromatic rings. The van der Waals surface area contributed by atoms with Crippen LogP contribution in [0.5, 0.6) is 0 Å². The lowest BCUT2D eigenvalue weighted by Crippen LogP contribution is -1.98. The van der Waals surface area contributed by atoms with Gasteiger partial charge in [0.1, 0.15) is 5.82 Å². The lowest BCUT2D eigenvalue weighted by Gasteiger charge is -1.97. The molecule has 0 bridgehead atoms. The van der Waals surface area contributed by atoms with Gasteiger partial charge in [-0.05, 0) is 18.2 Å². The minimum Gasteiger partial charge on any atom is -0.356 e. The number of anilines is 1. The van der Waals surface area contributed by atoms with Crippen molar-refractivity contribution in [2.24, 2.45) is 0 Å². The van der Waals surface area contributed by atoms with Crippen molar-refractivity contribution >= 4 is 26.7 Å². The Bertz CT molecular complexity index is 632. The Morgan fingerprint density at radius 1 is 1.41 bits per heavy atom. The molecule has 0 aliphatic rings. The molecule has 0 saturated carbocycles. The number of rotatable bonds is 3. The fourth-order valence-corrected chi connectivity index (χ4v) is 2.41. The topological polar surface area (TPSA) is 53.6 Å². The molecule has 0 fully saturated rings. The van der Waals surface area contributed by atoms with Crippen LogP contribution in [0.2, 0.25) is 0 Å². The first-order chi connectivity index (χ1) is 8.31. The molecule has 2 aromatic heterocycles. The van der Waals surface area contributed by atoms with Gasteiger partial charge in [-0.25, -0.2) is 14.4 Å². The van der Waals surface area contributed by atoms with Crippen molar-refractivity contribution in [2.75, 3.05) is 5.32 Å². The van der Waals surface area contributed by atoms with Crippen LogP contribution in [-0.2, 0) is 6.54 Å². The largest absolute Gasteiger partial charge is 0.356 e. The van der Waals surface area contributed by atoms with Crippen molar-refractivity contribution in [1.29, 1.82) is 0 Å². The third kappa shape index (κ3) is 2.12. The van der Waals surface area contributed by atoms with Gasteiger partial charge in [0.15, 0.2) is 5.13 Å². The molecule has 0 spiro atoms. The average Bonchev–Trinajstić information content (AvgIpc) is 2.94. The Hall–Kier alpha value is -1.95. The second-order valence-corrected chi connectivity index (χ2v) is 4.59. The van der Waals surface area contributed by atoms with Crippen molar-refractivity contribution in [3.8, 4) is 0 Å². The van der Waals surface area contributed by atoms with Gasteiger partial charge in [-0.3, -0.25) is 0 Å². The number of aromatic amines is 1. The van der Waals surface area contributed by atoms with Gasteiger partial charge in [-0.2, -0.15) is 0 Å². The number of thiazole rings is 1. The van der Waals surface area contributed by atoms with Crippen LogP contribution in [0.4, 0.5) is 9.52 Å². The van der Waals surface area contributed by atoms with Crippen molar-refractivity contribution in [3.63, 3.8) is 0 Å². The van der Waals surface area contributed by atoms with Gasteiger partial charge in [-0.1, -0.05) is 11.3 Å². The first-order valence-electron chi connectivity index (χ1n) is 5.08. The molecule has 3 rings (SSSR count). The van der Waals surface area contributed by atoms with E-state index in [1.807, 2.05) is 0 Å². The molecule has 4 nitrogen and oxygen atoms in total. The number of benzene rings is 1. The number of hydrogen-bond acceptors (Lipinski definition) is 4. The van der Waals surface area contributed by atoms with E-state index in [0.717, 1.165) is 21.0 Å². The van der Waals surface area contributed by atoms with E-state index in [4.69, 9.17) is 0 Å². The zero-order valence-electron chi connectivity index (χ0n) is 8.77. The monoisotopic (exact) mass is 248 g/mol. The van der Waals surface area contributed by atoms with E-state index < -0.39 is 0 Å². The summed E-state index contributed by atoms with van der Waals surface area (Å²) in [5.41, 5.74) is 1.79. The second-order valence-electron chi connectivity index (χ2n) is 3.56. The predicted molar refractivity (Wildman–Crippen MR) is 65.5 cm³/mol. The van der Waals surface area contributed by atoms with E-state index in [-0.39, 0.29) is 5.82 Å². The molecular weight excluding hydrogens is 239 g/mol. The molecule has 2 N–H and O–H groups in total. The van der Waals surface area contributed by atoms with Crippen LogP contribution in [0.15, 0.2) is 30.7 Å². The van der Waals surface area contributed by atoms with Crippen molar-refractivity contribution in [2.45, 2.75) is 6.54 Å². The normalized spacial score (nSPS) is 10.9. The standard InChI is InChI=1S/C11H9FN4S/c12-7-1-2-9-10(3-7)17-11(16-9)14-5-8-4-13-6-15-8/h1-4,6H,5H2,(H,13,15)(H,14,16). The zero-order chi connectivity index (χ0) is 11.7. The molecule has 0 radical (unpaired) electrons. The van der Waals surface area contributed by atoms with Gasteiger partial charge in [0.25, 0.3) is 0 Å². The molecule has 1 aromatic carbocycles. The van der Waals surface area contributed by atoms with Crippen LogP contribution in [0.25, 0.3) is 10.2 Å². The highest BCUT2D eigenvalue weighted by Crippen LogP contribution is 2.26. The zero-order valence-corrected chi connectivity index (χ0v) is 9.59. The van der Waals surface area contributed by atoms with Gasteiger partial charge < -0.3 is 10.3 Å². The summed E-state index contributed by atoms with van der Waals surface area (Å²) >= 11 is 1.44. The van der Waals surface area contributed by atoms with Crippen LogP contribution in [-0.4, -0.2) is 15.0 Å². The number of nitrogens with one attached hydrogen (secondary N) is 2. The molecule has 0 saturated heterocycles. The molecule has 0 aliphatic heterocycles. The van der Waals surface area contributed by atoms with E-state index >= 15 is 0 Å². The number of H-pyrrole nitrogens is 1. The van der Waals surface area contributed by atoms with Gasteiger partial charge in [-0.15, -0.1) is 0 Å². The first-order valence-corrected chi connectivity index (χ1v) is 5.90. The average molecular weight is 248 g/mol. The summed E-state index contributed by atoms with van der Waals surface area (Å²) in [6, 6.07) is 4.59. The number of hydrogen-bond donors (Lipinski definition) is 2. The van der Waals surface area contributed by atoms with Crippen molar-refractivity contribution < 1.29 is 4.39 Å². The van der Waals surface area contributed by atoms with Gasteiger partial charge in [0.2, 0.25) is 0 Å². The molecule has 0 atom stereocenters. The summed E-state index contributed by atoms with van der Waals surface area (Å²) in [7, 11) is 0. The molecule has 17 heavy (non-hydrogen) atoms. The maximum Gasteiger partial charge on any atom is 0.184 e.